The van der Waals surface area contributed by atoms with E-state index in [4.69, 9.17) is 0 Å². The molecule has 1 aliphatic rings. The Hall–Kier alpha value is -1.42. The van der Waals surface area contributed by atoms with Crippen LogP contribution in [0.25, 0.3) is 0 Å². The van der Waals surface area contributed by atoms with Gasteiger partial charge in [0.15, 0.2) is 0 Å². The fraction of sp³-hybridized carbons (Fsp3) is 0.375. The SMILES string of the molecule is CSc1cc(CNC(=O)[C@H]2CCCN2S(=O)(=O)c2cccs2)ccn1. The summed E-state index contributed by atoms with van der Waals surface area (Å²) >= 11 is 2.71. The summed E-state index contributed by atoms with van der Waals surface area (Å²) in [4.78, 5) is 16.8. The third-order valence-electron chi connectivity index (χ3n) is 4.04. The van der Waals surface area contributed by atoms with E-state index in [1.54, 1.807) is 23.7 Å². The summed E-state index contributed by atoms with van der Waals surface area (Å²) in [5.41, 5.74) is 0.943. The van der Waals surface area contributed by atoms with Gasteiger partial charge < -0.3 is 5.32 Å². The highest BCUT2D eigenvalue weighted by atomic mass is 32.2. The van der Waals surface area contributed by atoms with Gasteiger partial charge in [0.1, 0.15) is 10.3 Å². The first kappa shape index (κ1) is 18.4. The van der Waals surface area contributed by atoms with E-state index >= 15 is 0 Å². The molecule has 1 aliphatic heterocycles. The molecule has 0 unspecified atom stereocenters. The van der Waals surface area contributed by atoms with Crippen LogP contribution in [0.4, 0.5) is 0 Å². The van der Waals surface area contributed by atoms with E-state index in [-0.39, 0.29) is 10.1 Å². The molecular formula is C16H19N3O3S3. The van der Waals surface area contributed by atoms with Gasteiger partial charge >= 0.3 is 0 Å². The summed E-state index contributed by atoms with van der Waals surface area (Å²) in [6, 6.07) is 6.40. The normalized spacial score (nSPS) is 18.4. The highest BCUT2D eigenvalue weighted by Crippen LogP contribution is 2.28. The second-order valence-electron chi connectivity index (χ2n) is 5.63. The van der Waals surface area contributed by atoms with Gasteiger partial charge in [-0.25, -0.2) is 13.4 Å². The minimum absolute atomic E-state index is 0.250. The molecule has 0 aromatic carbocycles. The monoisotopic (exact) mass is 397 g/mol. The van der Waals surface area contributed by atoms with Gasteiger partial charge in [-0.1, -0.05) is 6.07 Å². The van der Waals surface area contributed by atoms with E-state index in [0.29, 0.717) is 25.9 Å². The van der Waals surface area contributed by atoms with Crippen molar-refractivity contribution in [2.24, 2.45) is 0 Å². The van der Waals surface area contributed by atoms with Crippen molar-refractivity contribution in [2.75, 3.05) is 12.8 Å². The molecule has 25 heavy (non-hydrogen) atoms. The molecule has 1 fully saturated rings. The van der Waals surface area contributed by atoms with Gasteiger partial charge in [-0.05, 0) is 48.2 Å². The fourth-order valence-corrected chi connectivity index (χ4v) is 6.01. The summed E-state index contributed by atoms with van der Waals surface area (Å²) < 4.78 is 27.0. The zero-order chi connectivity index (χ0) is 17.9. The maximum Gasteiger partial charge on any atom is 0.253 e. The average molecular weight is 398 g/mol. The number of thioether (sulfide) groups is 1. The van der Waals surface area contributed by atoms with Crippen LogP contribution in [0, 0.1) is 0 Å². The molecule has 0 radical (unpaired) electrons. The van der Waals surface area contributed by atoms with Crippen molar-refractivity contribution in [3.05, 3.63) is 41.4 Å². The summed E-state index contributed by atoms with van der Waals surface area (Å²) in [7, 11) is -3.61. The lowest BCUT2D eigenvalue weighted by atomic mass is 10.2. The van der Waals surface area contributed by atoms with Gasteiger partial charge in [0.05, 0.1) is 5.03 Å². The summed E-state index contributed by atoms with van der Waals surface area (Å²) in [6.45, 7) is 0.739. The van der Waals surface area contributed by atoms with Crippen LogP contribution >= 0.6 is 23.1 Å². The molecule has 1 amide bonds. The van der Waals surface area contributed by atoms with Crippen molar-refractivity contribution in [3.8, 4) is 0 Å². The van der Waals surface area contributed by atoms with E-state index in [9.17, 15) is 13.2 Å². The number of hydrogen-bond acceptors (Lipinski definition) is 6. The number of rotatable bonds is 6. The molecule has 3 rings (SSSR count). The summed E-state index contributed by atoms with van der Waals surface area (Å²) in [5.74, 6) is -0.250. The Morgan fingerprint density at radius 2 is 2.32 bits per heavy atom. The van der Waals surface area contributed by atoms with E-state index in [1.165, 1.54) is 27.4 Å². The van der Waals surface area contributed by atoms with Crippen LogP contribution in [0.5, 0.6) is 0 Å². The highest BCUT2D eigenvalue weighted by Gasteiger charge is 2.39. The molecule has 1 atom stereocenters. The molecule has 1 saturated heterocycles. The van der Waals surface area contributed by atoms with Gasteiger partial charge in [-0.3, -0.25) is 4.79 Å². The number of carbonyl (C=O) groups is 1. The lowest BCUT2D eigenvalue weighted by Gasteiger charge is -2.22. The lowest BCUT2D eigenvalue weighted by molar-refractivity contribution is -0.124. The fourth-order valence-electron chi connectivity index (χ4n) is 2.79. The third kappa shape index (κ3) is 4.05. The number of hydrogen-bond donors (Lipinski definition) is 1. The Balaban J connectivity index is 1.69. The first-order valence-electron chi connectivity index (χ1n) is 7.84. The molecule has 2 aromatic heterocycles. The zero-order valence-corrected chi connectivity index (χ0v) is 16.2. The standard InChI is InChI=1S/C16H19N3O3S3/c1-23-14-10-12(6-7-17-14)11-18-16(20)13-4-2-8-19(13)25(21,22)15-5-3-9-24-15/h3,5-7,9-10,13H,2,4,8,11H2,1H3,(H,18,20)/t13-/m1/s1. The average Bonchev–Trinajstić information content (AvgIpc) is 3.31. The maximum atomic E-state index is 12.7. The Labute approximate surface area is 155 Å². The first-order chi connectivity index (χ1) is 12.0. The van der Waals surface area contributed by atoms with Crippen LogP contribution in [-0.2, 0) is 21.4 Å². The van der Waals surface area contributed by atoms with Crippen molar-refractivity contribution in [2.45, 2.75) is 34.7 Å². The summed E-state index contributed by atoms with van der Waals surface area (Å²) in [5, 5.41) is 5.47. The molecule has 0 aliphatic carbocycles. The quantitative estimate of drug-likeness (QED) is 0.757. The smallest absolute Gasteiger partial charge is 0.253 e. The van der Waals surface area contributed by atoms with Crippen molar-refractivity contribution in [3.63, 3.8) is 0 Å². The van der Waals surface area contributed by atoms with E-state index in [2.05, 4.69) is 10.3 Å². The largest absolute Gasteiger partial charge is 0.351 e. The van der Waals surface area contributed by atoms with Crippen molar-refractivity contribution in [1.29, 1.82) is 0 Å². The van der Waals surface area contributed by atoms with Crippen LogP contribution in [-0.4, -0.2) is 42.5 Å². The van der Waals surface area contributed by atoms with Crippen LogP contribution < -0.4 is 5.32 Å². The number of amides is 1. The predicted molar refractivity (Wildman–Crippen MR) is 99.1 cm³/mol. The van der Waals surface area contributed by atoms with Crippen LogP contribution in [0.3, 0.4) is 0 Å². The van der Waals surface area contributed by atoms with E-state index in [0.717, 1.165) is 10.6 Å². The first-order valence-corrected chi connectivity index (χ1v) is 11.4. The highest BCUT2D eigenvalue weighted by molar-refractivity contribution is 7.98. The third-order valence-corrected chi connectivity index (χ3v) is 7.96. The molecule has 1 N–H and O–H groups in total. The minimum Gasteiger partial charge on any atom is -0.351 e. The molecule has 3 heterocycles. The molecule has 2 aromatic rings. The van der Waals surface area contributed by atoms with Crippen molar-refractivity contribution >= 4 is 39.0 Å². The molecule has 134 valence electrons. The molecule has 0 saturated carbocycles. The Bertz CT molecular complexity index is 837. The van der Waals surface area contributed by atoms with Crippen molar-refractivity contribution in [1.82, 2.24) is 14.6 Å². The number of aromatic nitrogens is 1. The van der Waals surface area contributed by atoms with E-state index in [1.807, 2.05) is 18.4 Å². The zero-order valence-electron chi connectivity index (χ0n) is 13.7. The number of pyridine rings is 1. The maximum absolute atomic E-state index is 12.7. The molecule has 9 heteroatoms. The summed E-state index contributed by atoms with van der Waals surface area (Å²) in [6.07, 6.45) is 4.88. The Morgan fingerprint density at radius 1 is 1.48 bits per heavy atom. The van der Waals surface area contributed by atoms with Gasteiger partial charge in [-0.2, -0.15) is 4.31 Å². The number of thiophene rings is 1. The van der Waals surface area contributed by atoms with Gasteiger partial charge in [0, 0.05) is 19.3 Å². The Kier molecular flexibility index (Phi) is 5.78. The molecule has 6 nitrogen and oxygen atoms in total. The number of sulfonamides is 1. The van der Waals surface area contributed by atoms with E-state index < -0.39 is 16.1 Å². The van der Waals surface area contributed by atoms with Gasteiger partial charge in [-0.15, -0.1) is 23.1 Å². The Morgan fingerprint density at radius 3 is 3.04 bits per heavy atom. The topological polar surface area (TPSA) is 79.4 Å². The second kappa shape index (κ2) is 7.86. The van der Waals surface area contributed by atoms with Crippen LogP contribution in [0.15, 0.2) is 45.1 Å². The van der Waals surface area contributed by atoms with Crippen molar-refractivity contribution < 1.29 is 13.2 Å². The molecule has 0 bridgehead atoms. The lowest BCUT2D eigenvalue weighted by Crippen LogP contribution is -2.45. The minimum atomic E-state index is -3.61. The predicted octanol–water partition coefficient (Wildman–Crippen LogP) is 2.33. The number of nitrogens with one attached hydrogen (secondary N) is 1. The van der Waals surface area contributed by atoms with Gasteiger partial charge in [0.25, 0.3) is 10.0 Å². The molecule has 0 spiro atoms. The van der Waals surface area contributed by atoms with Gasteiger partial charge in [0.2, 0.25) is 5.91 Å². The van der Waals surface area contributed by atoms with Crippen LogP contribution in [0.1, 0.15) is 18.4 Å². The second-order valence-corrected chi connectivity index (χ2v) is 9.52. The van der Waals surface area contributed by atoms with Crippen LogP contribution in [0.2, 0.25) is 0 Å². The number of nitrogens with zero attached hydrogens (tertiary/aromatic N) is 2. The number of carbonyl (C=O) groups excluding carboxylic acids is 1. The molecular weight excluding hydrogens is 378 g/mol.